The predicted molar refractivity (Wildman–Crippen MR) is 101 cm³/mol. The number of hydrogen-bond donors (Lipinski definition) is 0. The Kier molecular flexibility index (Phi) is 5.24. The highest BCUT2D eigenvalue weighted by Crippen LogP contribution is 2.30. The third-order valence-corrected chi connectivity index (χ3v) is 7.33. The first-order valence-corrected chi connectivity index (χ1v) is 11.1. The van der Waals surface area contributed by atoms with Crippen molar-refractivity contribution in [3.8, 4) is 10.6 Å². The van der Waals surface area contributed by atoms with Crippen molar-refractivity contribution in [1.29, 1.82) is 0 Å². The van der Waals surface area contributed by atoms with E-state index in [2.05, 4.69) is 4.98 Å². The minimum atomic E-state index is -3.03. The summed E-state index contributed by atoms with van der Waals surface area (Å²) in [5, 5.41) is 0.817. The number of hydrogen-bond acceptors (Lipinski definition) is 5. The van der Waals surface area contributed by atoms with Crippen molar-refractivity contribution in [2.45, 2.75) is 32.7 Å². The average Bonchev–Trinajstić information content (AvgIpc) is 3.15. The Bertz CT molecular complexity index is 860. The number of sulfone groups is 1. The highest BCUT2D eigenvalue weighted by molar-refractivity contribution is 7.91. The summed E-state index contributed by atoms with van der Waals surface area (Å²) >= 11 is 1.38. The smallest absolute Gasteiger partial charge is 0.266 e. The third kappa shape index (κ3) is 3.93. The standard InChI is InChI=1S/C18H22N2O3S2/c1-3-10-20(15-9-11-25(22,23)12-15)18(21)16-13(2)19-17(24-16)14-7-5-4-6-8-14/h4-8,15H,3,9-12H2,1-2H3. The molecule has 3 rings (SSSR count). The van der Waals surface area contributed by atoms with Gasteiger partial charge in [0.25, 0.3) is 5.91 Å². The van der Waals surface area contributed by atoms with E-state index in [1.165, 1.54) is 11.3 Å². The molecule has 134 valence electrons. The van der Waals surface area contributed by atoms with Crippen LogP contribution in [-0.4, -0.2) is 48.3 Å². The predicted octanol–water partition coefficient (Wildman–Crippen LogP) is 3.16. The fourth-order valence-electron chi connectivity index (χ4n) is 3.14. The third-order valence-electron chi connectivity index (χ3n) is 4.39. The van der Waals surface area contributed by atoms with E-state index in [4.69, 9.17) is 0 Å². The summed E-state index contributed by atoms with van der Waals surface area (Å²) in [6, 6.07) is 9.55. The van der Waals surface area contributed by atoms with E-state index in [0.29, 0.717) is 23.5 Å². The van der Waals surface area contributed by atoms with Gasteiger partial charge in [-0.3, -0.25) is 4.79 Å². The molecule has 25 heavy (non-hydrogen) atoms. The maximum Gasteiger partial charge on any atom is 0.266 e. The number of carbonyl (C=O) groups excluding carboxylic acids is 1. The SMILES string of the molecule is CCCN(C(=O)c1sc(-c2ccccc2)nc1C)C1CCS(=O)(=O)C1. The normalized spacial score (nSPS) is 19.0. The highest BCUT2D eigenvalue weighted by atomic mass is 32.2. The summed E-state index contributed by atoms with van der Waals surface area (Å²) in [4.78, 5) is 20.0. The van der Waals surface area contributed by atoms with Crippen molar-refractivity contribution in [3.05, 3.63) is 40.9 Å². The lowest BCUT2D eigenvalue weighted by atomic mass is 10.2. The van der Waals surface area contributed by atoms with Gasteiger partial charge in [0.15, 0.2) is 9.84 Å². The van der Waals surface area contributed by atoms with E-state index in [1.54, 1.807) is 4.90 Å². The molecular formula is C18H22N2O3S2. The van der Waals surface area contributed by atoms with Gasteiger partial charge in [0, 0.05) is 18.2 Å². The molecule has 7 heteroatoms. The van der Waals surface area contributed by atoms with Crippen molar-refractivity contribution in [2.24, 2.45) is 0 Å². The zero-order chi connectivity index (χ0) is 18.0. The molecule has 1 aliphatic rings. The summed E-state index contributed by atoms with van der Waals surface area (Å²) in [7, 11) is -3.03. The van der Waals surface area contributed by atoms with Crippen molar-refractivity contribution >= 4 is 27.1 Å². The van der Waals surface area contributed by atoms with Crippen LogP contribution in [0.15, 0.2) is 30.3 Å². The van der Waals surface area contributed by atoms with E-state index < -0.39 is 9.84 Å². The van der Waals surface area contributed by atoms with Crippen molar-refractivity contribution in [3.63, 3.8) is 0 Å². The molecule has 0 N–H and O–H groups in total. The van der Waals surface area contributed by atoms with Gasteiger partial charge in [-0.15, -0.1) is 11.3 Å². The molecule has 5 nitrogen and oxygen atoms in total. The van der Waals surface area contributed by atoms with Crippen molar-refractivity contribution in [1.82, 2.24) is 9.88 Å². The molecule has 1 aliphatic heterocycles. The van der Waals surface area contributed by atoms with Gasteiger partial charge in [0.1, 0.15) is 9.88 Å². The minimum absolute atomic E-state index is 0.0716. The van der Waals surface area contributed by atoms with Gasteiger partial charge in [-0.2, -0.15) is 0 Å². The Morgan fingerprint density at radius 1 is 1.32 bits per heavy atom. The van der Waals surface area contributed by atoms with Crippen LogP contribution in [0.1, 0.15) is 35.1 Å². The molecule has 1 amide bonds. The first-order valence-electron chi connectivity index (χ1n) is 8.45. The average molecular weight is 379 g/mol. The number of amides is 1. The molecule has 1 atom stereocenters. The van der Waals surface area contributed by atoms with Crippen LogP contribution in [0.3, 0.4) is 0 Å². The number of aryl methyl sites for hydroxylation is 1. The van der Waals surface area contributed by atoms with Gasteiger partial charge in [0.05, 0.1) is 17.2 Å². The second-order valence-corrected chi connectivity index (χ2v) is 9.58. The van der Waals surface area contributed by atoms with Gasteiger partial charge in [-0.05, 0) is 19.8 Å². The van der Waals surface area contributed by atoms with Gasteiger partial charge < -0.3 is 4.90 Å². The molecule has 1 fully saturated rings. The lowest BCUT2D eigenvalue weighted by Gasteiger charge is -2.27. The lowest BCUT2D eigenvalue weighted by Crippen LogP contribution is -2.41. The molecule has 0 radical (unpaired) electrons. The second kappa shape index (κ2) is 7.25. The maximum absolute atomic E-state index is 13.1. The quantitative estimate of drug-likeness (QED) is 0.801. The zero-order valence-corrected chi connectivity index (χ0v) is 16.1. The number of aromatic nitrogens is 1. The molecule has 0 aliphatic carbocycles. The summed E-state index contributed by atoms with van der Waals surface area (Å²) in [6.45, 7) is 4.40. The van der Waals surface area contributed by atoms with Crippen LogP contribution < -0.4 is 0 Å². The van der Waals surface area contributed by atoms with Gasteiger partial charge in [-0.1, -0.05) is 37.3 Å². The number of rotatable bonds is 5. The molecule has 0 spiro atoms. The molecule has 1 unspecified atom stereocenters. The van der Waals surface area contributed by atoms with Crippen LogP contribution in [0.2, 0.25) is 0 Å². The van der Waals surface area contributed by atoms with E-state index in [1.807, 2.05) is 44.2 Å². The summed E-state index contributed by atoms with van der Waals surface area (Å²) < 4.78 is 23.6. The van der Waals surface area contributed by atoms with Gasteiger partial charge in [-0.25, -0.2) is 13.4 Å². The Balaban J connectivity index is 1.89. The molecule has 1 aromatic heterocycles. The minimum Gasteiger partial charge on any atom is -0.334 e. The van der Waals surface area contributed by atoms with Crippen molar-refractivity contribution in [2.75, 3.05) is 18.1 Å². The van der Waals surface area contributed by atoms with Gasteiger partial charge >= 0.3 is 0 Å². The maximum atomic E-state index is 13.1. The molecule has 2 heterocycles. The zero-order valence-electron chi connectivity index (χ0n) is 14.4. The Morgan fingerprint density at radius 3 is 2.64 bits per heavy atom. The van der Waals surface area contributed by atoms with E-state index in [-0.39, 0.29) is 23.5 Å². The van der Waals surface area contributed by atoms with Crippen molar-refractivity contribution < 1.29 is 13.2 Å². The topological polar surface area (TPSA) is 67.3 Å². The monoisotopic (exact) mass is 378 g/mol. The number of benzene rings is 1. The summed E-state index contributed by atoms with van der Waals surface area (Å²) in [5.74, 6) is 0.144. The van der Waals surface area contributed by atoms with Crippen LogP contribution in [0, 0.1) is 6.92 Å². The molecule has 1 saturated heterocycles. The Hall–Kier alpha value is -1.73. The number of carbonyl (C=O) groups is 1. The molecular weight excluding hydrogens is 356 g/mol. The fourth-order valence-corrected chi connectivity index (χ4v) is 5.90. The van der Waals surface area contributed by atoms with Crippen LogP contribution in [0.5, 0.6) is 0 Å². The molecule has 0 saturated carbocycles. The van der Waals surface area contributed by atoms with E-state index in [9.17, 15) is 13.2 Å². The van der Waals surface area contributed by atoms with Crippen LogP contribution in [0.4, 0.5) is 0 Å². The highest BCUT2D eigenvalue weighted by Gasteiger charge is 2.35. The number of nitrogens with zero attached hydrogens (tertiary/aromatic N) is 2. The largest absolute Gasteiger partial charge is 0.334 e. The van der Waals surface area contributed by atoms with E-state index >= 15 is 0 Å². The first kappa shape index (κ1) is 18.1. The van der Waals surface area contributed by atoms with Crippen LogP contribution in [0.25, 0.3) is 10.6 Å². The lowest BCUT2D eigenvalue weighted by molar-refractivity contribution is 0.0701. The molecule has 1 aromatic carbocycles. The number of thiazole rings is 1. The molecule has 0 bridgehead atoms. The summed E-state index contributed by atoms with van der Waals surface area (Å²) in [5.41, 5.74) is 1.69. The first-order chi connectivity index (χ1) is 11.9. The van der Waals surface area contributed by atoms with E-state index in [0.717, 1.165) is 17.0 Å². The second-order valence-electron chi connectivity index (χ2n) is 6.35. The van der Waals surface area contributed by atoms with Crippen LogP contribution in [-0.2, 0) is 9.84 Å². The Labute approximate surface area is 152 Å². The Morgan fingerprint density at radius 2 is 2.04 bits per heavy atom. The molecule has 2 aromatic rings. The summed E-state index contributed by atoms with van der Waals surface area (Å²) in [6.07, 6.45) is 1.32. The van der Waals surface area contributed by atoms with Gasteiger partial charge in [0.2, 0.25) is 0 Å². The fraction of sp³-hybridized carbons (Fsp3) is 0.444. The van der Waals surface area contributed by atoms with Crippen LogP contribution >= 0.6 is 11.3 Å².